The molecule has 0 amide bonds. The first kappa shape index (κ1) is 15.5. The van der Waals surface area contributed by atoms with Crippen LogP contribution in [0.4, 0.5) is 5.69 Å². The Kier molecular flexibility index (Phi) is 4.34. The van der Waals surface area contributed by atoms with Crippen molar-refractivity contribution in [3.8, 4) is 0 Å². The molecule has 2 aromatic rings. The van der Waals surface area contributed by atoms with Crippen LogP contribution in [-0.4, -0.2) is 21.5 Å². The number of para-hydroxylation sites is 1. The summed E-state index contributed by atoms with van der Waals surface area (Å²) in [5, 5.41) is 0. The summed E-state index contributed by atoms with van der Waals surface area (Å²) in [6.07, 6.45) is 0. The molecule has 0 aliphatic heterocycles. The van der Waals surface area contributed by atoms with Crippen molar-refractivity contribution in [1.82, 2.24) is 0 Å². The normalized spacial score (nSPS) is 11.2. The summed E-state index contributed by atoms with van der Waals surface area (Å²) in [5.41, 5.74) is 0.376. The standard InChI is InChI=1S/C14H15NO4S2/c1-9-8-13(10(2)20-9)21(17,18)15-12-7-5-4-6-11(12)14(16)19-3/h4-8,15H,1-3H3. The lowest BCUT2D eigenvalue weighted by molar-refractivity contribution is 0.0602. The molecule has 7 heteroatoms. The molecule has 0 saturated heterocycles. The monoisotopic (exact) mass is 325 g/mol. The minimum absolute atomic E-state index is 0.174. The molecule has 0 unspecified atom stereocenters. The molecule has 0 aliphatic rings. The maximum absolute atomic E-state index is 12.4. The van der Waals surface area contributed by atoms with Crippen LogP contribution in [0.15, 0.2) is 35.2 Å². The van der Waals surface area contributed by atoms with Crippen molar-refractivity contribution in [2.45, 2.75) is 18.7 Å². The van der Waals surface area contributed by atoms with Crippen molar-refractivity contribution in [3.63, 3.8) is 0 Å². The second-order valence-corrected chi connectivity index (χ2v) is 7.53. The van der Waals surface area contributed by atoms with Gasteiger partial charge < -0.3 is 4.74 Å². The van der Waals surface area contributed by atoms with Gasteiger partial charge in [0.05, 0.1) is 18.4 Å². The number of carbonyl (C=O) groups excluding carboxylic acids is 1. The number of rotatable bonds is 4. The molecule has 0 saturated carbocycles. The zero-order chi connectivity index (χ0) is 15.6. The maximum Gasteiger partial charge on any atom is 0.339 e. The molecule has 5 nitrogen and oxygen atoms in total. The van der Waals surface area contributed by atoms with Gasteiger partial charge in [-0.3, -0.25) is 4.72 Å². The zero-order valence-electron chi connectivity index (χ0n) is 11.8. The third kappa shape index (κ3) is 3.25. The first-order chi connectivity index (χ1) is 9.85. The lowest BCUT2D eigenvalue weighted by atomic mass is 10.2. The summed E-state index contributed by atoms with van der Waals surface area (Å²) >= 11 is 1.41. The third-order valence-corrected chi connectivity index (χ3v) is 5.45. The number of nitrogens with one attached hydrogen (secondary N) is 1. The molecule has 1 N–H and O–H groups in total. The van der Waals surface area contributed by atoms with Crippen LogP contribution in [0.25, 0.3) is 0 Å². The number of esters is 1. The average Bonchev–Trinajstić information content (AvgIpc) is 2.78. The fourth-order valence-corrected chi connectivity index (χ4v) is 4.57. The zero-order valence-corrected chi connectivity index (χ0v) is 13.5. The van der Waals surface area contributed by atoms with Crippen LogP contribution in [0.3, 0.4) is 0 Å². The van der Waals surface area contributed by atoms with Gasteiger partial charge >= 0.3 is 5.97 Å². The minimum Gasteiger partial charge on any atom is -0.465 e. The topological polar surface area (TPSA) is 72.5 Å². The highest BCUT2D eigenvalue weighted by Crippen LogP contribution is 2.27. The van der Waals surface area contributed by atoms with Crippen molar-refractivity contribution < 1.29 is 17.9 Å². The molecule has 0 fully saturated rings. The molecule has 1 heterocycles. The Morgan fingerprint density at radius 1 is 1.24 bits per heavy atom. The Labute approximate surface area is 127 Å². The molecule has 21 heavy (non-hydrogen) atoms. The van der Waals surface area contributed by atoms with Crippen LogP contribution < -0.4 is 4.72 Å². The molecule has 1 aromatic carbocycles. The van der Waals surface area contributed by atoms with E-state index in [2.05, 4.69) is 9.46 Å². The van der Waals surface area contributed by atoms with Gasteiger partial charge in [0.25, 0.3) is 10.0 Å². The summed E-state index contributed by atoms with van der Waals surface area (Å²) in [5.74, 6) is -0.591. The van der Waals surface area contributed by atoms with Crippen molar-refractivity contribution in [2.75, 3.05) is 11.8 Å². The number of sulfonamides is 1. The Morgan fingerprint density at radius 2 is 1.90 bits per heavy atom. The van der Waals surface area contributed by atoms with E-state index in [9.17, 15) is 13.2 Å². The van der Waals surface area contributed by atoms with Crippen molar-refractivity contribution in [2.24, 2.45) is 0 Å². The predicted molar refractivity (Wildman–Crippen MR) is 82.4 cm³/mol. The lowest BCUT2D eigenvalue weighted by Crippen LogP contribution is -2.16. The molecule has 1 aromatic heterocycles. The van der Waals surface area contributed by atoms with Gasteiger partial charge in [-0.05, 0) is 32.0 Å². The summed E-state index contributed by atoms with van der Waals surface area (Å²) in [6.45, 7) is 3.59. The fraction of sp³-hybridized carbons (Fsp3) is 0.214. The molecule has 0 aliphatic carbocycles. The van der Waals surface area contributed by atoms with Gasteiger partial charge in [-0.1, -0.05) is 12.1 Å². The Hall–Kier alpha value is -1.86. The van der Waals surface area contributed by atoms with Crippen LogP contribution in [0.2, 0.25) is 0 Å². The minimum atomic E-state index is -3.73. The Balaban J connectivity index is 2.42. The van der Waals surface area contributed by atoms with Gasteiger partial charge in [-0.25, -0.2) is 13.2 Å². The number of benzene rings is 1. The van der Waals surface area contributed by atoms with Crippen LogP contribution in [-0.2, 0) is 14.8 Å². The summed E-state index contributed by atoms with van der Waals surface area (Å²) in [6, 6.07) is 7.94. The average molecular weight is 325 g/mol. The van der Waals surface area contributed by atoms with E-state index in [1.807, 2.05) is 6.92 Å². The second-order valence-electron chi connectivity index (χ2n) is 4.42. The van der Waals surface area contributed by atoms with Crippen LogP contribution in [0.1, 0.15) is 20.1 Å². The van der Waals surface area contributed by atoms with E-state index in [0.717, 1.165) is 4.88 Å². The second kappa shape index (κ2) is 5.87. The first-order valence-electron chi connectivity index (χ1n) is 6.12. The highest BCUT2D eigenvalue weighted by Gasteiger charge is 2.22. The van der Waals surface area contributed by atoms with E-state index in [-0.39, 0.29) is 16.1 Å². The largest absolute Gasteiger partial charge is 0.465 e. The molecule has 0 spiro atoms. The van der Waals surface area contributed by atoms with E-state index in [1.165, 1.54) is 30.6 Å². The number of aryl methyl sites for hydroxylation is 2. The van der Waals surface area contributed by atoms with Gasteiger partial charge in [-0.2, -0.15) is 0 Å². The fourth-order valence-electron chi connectivity index (χ4n) is 1.93. The Morgan fingerprint density at radius 3 is 2.48 bits per heavy atom. The number of anilines is 1. The number of hydrogen-bond donors (Lipinski definition) is 1. The van der Waals surface area contributed by atoms with E-state index < -0.39 is 16.0 Å². The van der Waals surface area contributed by atoms with Crippen LogP contribution in [0.5, 0.6) is 0 Å². The van der Waals surface area contributed by atoms with Crippen molar-refractivity contribution in [3.05, 3.63) is 45.6 Å². The predicted octanol–water partition coefficient (Wildman–Crippen LogP) is 2.95. The van der Waals surface area contributed by atoms with Gasteiger partial charge in [0.2, 0.25) is 0 Å². The van der Waals surface area contributed by atoms with Crippen LogP contribution in [0, 0.1) is 13.8 Å². The third-order valence-electron chi connectivity index (χ3n) is 2.86. The first-order valence-corrected chi connectivity index (χ1v) is 8.42. The van der Waals surface area contributed by atoms with E-state index in [0.29, 0.717) is 4.88 Å². The van der Waals surface area contributed by atoms with E-state index in [1.54, 1.807) is 25.1 Å². The van der Waals surface area contributed by atoms with Gasteiger partial charge in [0.15, 0.2) is 0 Å². The molecule has 0 bridgehead atoms. The molecule has 2 rings (SSSR count). The smallest absolute Gasteiger partial charge is 0.339 e. The molecule has 0 radical (unpaired) electrons. The Bertz CT molecular complexity index is 778. The van der Waals surface area contributed by atoms with E-state index in [4.69, 9.17) is 0 Å². The molecular formula is C14H15NO4S2. The van der Waals surface area contributed by atoms with Crippen molar-refractivity contribution in [1.29, 1.82) is 0 Å². The number of methoxy groups -OCH3 is 1. The van der Waals surface area contributed by atoms with Crippen LogP contribution >= 0.6 is 11.3 Å². The number of hydrogen-bond acceptors (Lipinski definition) is 5. The quantitative estimate of drug-likeness (QED) is 0.877. The summed E-state index contributed by atoms with van der Waals surface area (Å²) < 4.78 is 32.0. The number of carbonyl (C=O) groups is 1. The summed E-state index contributed by atoms with van der Waals surface area (Å²) in [4.78, 5) is 13.5. The van der Waals surface area contributed by atoms with Gasteiger partial charge in [0, 0.05) is 9.75 Å². The van der Waals surface area contributed by atoms with Gasteiger partial charge in [0.1, 0.15) is 4.90 Å². The SMILES string of the molecule is COC(=O)c1ccccc1NS(=O)(=O)c1cc(C)sc1C. The highest BCUT2D eigenvalue weighted by atomic mass is 32.2. The molecule has 0 atom stereocenters. The van der Waals surface area contributed by atoms with E-state index >= 15 is 0 Å². The highest BCUT2D eigenvalue weighted by molar-refractivity contribution is 7.93. The van der Waals surface area contributed by atoms with Gasteiger partial charge in [-0.15, -0.1) is 11.3 Å². The number of ether oxygens (including phenoxy) is 1. The number of thiophene rings is 1. The molecule has 112 valence electrons. The lowest BCUT2D eigenvalue weighted by Gasteiger charge is -2.11. The maximum atomic E-state index is 12.4. The van der Waals surface area contributed by atoms with Crippen molar-refractivity contribution >= 4 is 33.0 Å². The molecular weight excluding hydrogens is 310 g/mol. The summed E-state index contributed by atoms with van der Waals surface area (Å²) in [7, 11) is -2.48.